The molecule has 0 saturated carbocycles. The summed E-state index contributed by atoms with van der Waals surface area (Å²) in [5, 5.41) is 0. The molecule has 1 aromatic rings. The first-order valence-corrected chi connectivity index (χ1v) is 4.09. The minimum absolute atomic E-state index is 1.10. The van der Waals surface area contributed by atoms with E-state index in [0.717, 1.165) is 5.57 Å². The number of benzene rings is 1. The molecule has 0 aromatic heterocycles. The Morgan fingerprint density at radius 1 is 1.25 bits per heavy atom. The standard InChI is InChI=1S/C12H14/c1-10(2)11(3)9-12-7-5-4-6-8-12/h4-9H,3H2,1-2H3. The van der Waals surface area contributed by atoms with E-state index in [1.807, 2.05) is 18.2 Å². The van der Waals surface area contributed by atoms with Gasteiger partial charge >= 0.3 is 0 Å². The Labute approximate surface area is 74.9 Å². The average molecular weight is 158 g/mol. The Morgan fingerprint density at radius 3 is 2.33 bits per heavy atom. The highest BCUT2D eigenvalue weighted by Gasteiger charge is 1.99. The Balaban J connectivity index is 2.59. The summed E-state index contributed by atoms with van der Waals surface area (Å²) >= 11 is 0. The molecule has 0 atom stereocenters. The molecular formula is C12H14. The molecule has 0 amide bonds. The van der Waals surface area contributed by atoms with E-state index in [9.17, 15) is 0 Å². The van der Waals surface area contributed by atoms with Crippen LogP contribution in [0.5, 0.6) is 0 Å². The zero-order valence-corrected chi connectivity index (χ0v) is 7.67. The number of allylic oxidation sites excluding steroid dienone is 1. The van der Waals surface area contributed by atoms with Crippen molar-refractivity contribution < 1.29 is 0 Å². The monoisotopic (exact) mass is 158 g/mol. The van der Waals surface area contributed by atoms with Crippen LogP contribution in [-0.4, -0.2) is 0 Å². The van der Waals surface area contributed by atoms with Crippen molar-refractivity contribution in [2.75, 3.05) is 0 Å². The number of hydrogen-bond acceptors (Lipinski definition) is 0. The molecule has 0 aliphatic rings. The number of rotatable bonds is 3. The van der Waals surface area contributed by atoms with Gasteiger partial charge in [0.05, 0.1) is 0 Å². The quantitative estimate of drug-likeness (QED) is 0.591. The first kappa shape index (κ1) is 8.79. The Morgan fingerprint density at radius 2 is 1.83 bits per heavy atom. The van der Waals surface area contributed by atoms with E-state index in [1.54, 1.807) is 0 Å². The van der Waals surface area contributed by atoms with Crippen LogP contribution in [0.2, 0.25) is 0 Å². The van der Waals surface area contributed by atoms with Crippen molar-refractivity contribution in [2.24, 2.45) is 0 Å². The molecule has 0 unspecified atom stereocenters. The first-order chi connectivity index (χ1) is 5.70. The van der Waals surface area contributed by atoms with Crippen molar-refractivity contribution in [3.05, 3.63) is 60.4 Å². The van der Waals surface area contributed by atoms with Crippen LogP contribution in [0.25, 0.3) is 0 Å². The summed E-state index contributed by atoms with van der Waals surface area (Å²) in [5.74, 6) is 1.26. The third-order valence-corrected chi connectivity index (χ3v) is 1.78. The van der Waals surface area contributed by atoms with E-state index in [2.05, 4.69) is 39.0 Å². The van der Waals surface area contributed by atoms with Crippen molar-refractivity contribution in [1.82, 2.24) is 0 Å². The van der Waals surface area contributed by atoms with Crippen molar-refractivity contribution in [3.8, 4) is 0 Å². The molecule has 0 fully saturated rings. The summed E-state index contributed by atoms with van der Waals surface area (Å²) in [5.41, 5.74) is 2.31. The highest BCUT2D eigenvalue weighted by Crippen LogP contribution is 2.17. The maximum atomic E-state index is 3.96. The summed E-state index contributed by atoms with van der Waals surface area (Å²) < 4.78 is 0. The molecule has 1 aromatic carbocycles. The van der Waals surface area contributed by atoms with Crippen molar-refractivity contribution >= 4 is 0 Å². The lowest BCUT2D eigenvalue weighted by Gasteiger charge is -2.08. The van der Waals surface area contributed by atoms with E-state index >= 15 is 0 Å². The van der Waals surface area contributed by atoms with Gasteiger partial charge in [0, 0.05) is 0 Å². The fraction of sp³-hybridized carbons (Fsp3) is 0.167. The van der Waals surface area contributed by atoms with Gasteiger partial charge in [0.25, 0.3) is 0 Å². The predicted molar refractivity (Wildman–Crippen MR) is 53.6 cm³/mol. The highest BCUT2D eigenvalue weighted by molar-refractivity contribution is 5.38. The van der Waals surface area contributed by atoms with Crippen molar-refractivity contribution in [1.29, 1.82) is 0 Å². The molecule has 1 rings (SSSR count). The fourth-order valence-corrected chi connectivity index (χ4v) is 0.895. The largest absolute Gasteiger partial charge is 0.0918 e. The zero-order chi connectivity index (χ0) is 8.97. The van der Waals surface area contributed by atoms with Crippen LogP contribution in [0, 0.1) is 12.3 Å². The van der Waals surface area contributed by atoms with Gasteiger partial charge < -0.3 is 0 Å². The van der Waals surface area contributed by atoms with Crippen LogP contribution < -0.4 is 0 Å². The van der Waals surface area contributed by atoms with Crippen LogP contribution in [0.3, 0.4) is 0 Å². The maximum absolute atomic E-state index is 3.96. The minimum atomic E-state index is 1.10. The zero-order valence-electron chi connectivity index (χ0n) is 7.67. The SMILES string of the molecule is C=C([CH-]c1ccccc1)[C+](C)C. The molecule has 0 radical (unpaired) electrons. The third kappa shape index (κ3) is 2.39. The Kier molecular flexibility index (Phi) is 2.87. The van der Waals surface area contributed by atoms with E-state index in [1.165, 1.54) is 11.5 Å². The van der Waals surface area contributed by atoms with Gasteiger partial charge in [-0.15, -0.1) is 0 Å². The van der Waals surface area contributed by atoms with Gasteiger partial charge in [-0.3, -0.25) is 0 Å². The Hall–Kier alpha value is -1.30. The second kappa shape index (κ2) is 3.91. The minimum Gasteiger partial charge on any atom is -0.0918 e. The smallest absolute Gasteiger partial charge is 0.0251 e. The summed E-state index contributed by atoms with van der Waals surface area (Å²) in [6, 6.07) is 10.2. The molecule has 0 aliphatic heterocycles. The van der Waals surface area contributed by atoms with Crippen LogP contribution in [-0.2, 0) is 0 Å². The first-order valence-electron chi connectivity index (χ1n) is 4.09. The van der Waals surface area contributed by atoms with Crippen LogP contribution >= 0.6 is 0 Å². The molecule has 0 spiro atoms. The Bertz CT molecular complexity index is 244. The summed E-state index contributed by atoms with van der Waals surface area (Å²) in [4.78, 5) is 0. The van der Waals surface area contributed by atoms with Crippen LogP contribution in [0.1, 0.15) is 19.4 Å². The third-order valence-electron chi connectivity index (χ3n) is 1.78. The maximum Gasteiger partial charge on any atom is -0.0251 e. The molecule has 0 heterocycles. The molecule has 0 bridgehead atoms. The summed E-state index contributed by atoms with van der Waals surface area (Å²) in [7, 11) is 0. The average Bonchev–Trinajstić information content (AvgIpc) is 2.06. The summed E-state index contributed by atoms with van der Waals surface area (Å²) in [6.07, 6.45) is 2.09. The van der Waals surface area contributed by atoms with Gasteiger partial charge in [0.2, 0.25) is 0 Å². The highest BCUT2D eigenvalue weighted by atomic mass is 14.1. The van der Waals surface area contributed by atoms with Gasteiger partial charge in [-0.05, 0) is 31.4 Å². The molecule has 0 aliphatic carbocycles. The normalized spacial score (nSPS) is 9.17. The molecule has 0 N–H and O–H groups in total. The molecule has 0 nitrogen and oxygen atoms in total. The predicted octanol–water partition coefficient (Wildman–Crippen LogP) is 3.41. The van der Waals surface area contributed by atoms with Gasteiger partial charge in [-0.2, -0.15) is 0 Å². The van der Waals surface area contributed by atoms with Gasteiger partial charge in [0.15, 0.2) is 0 Å². The van der Waals surface area contributed by atoms with E-state index in [-0.39, 0.29) is 0 Å². The molecule has 12 heavy (non-hydrogen) atoms. The van der Waals surface area contributed by atoms with Gasteiger partial charge in [-0.1, -0.05) is 42.8 Å². The van der Waals surface area contributed by atoms with E-state index < -0.39 is 0 Å². The number of hydrogen-bond donors (Lipinski definition) is 0. The van der Waals surface area contributed by atoms with E-state index in [0.29, 0.717) is 0 Å². The lowest BCUT2D eigenvalue weighted by atomic mass is 9.98. The lowest BCUT2D eigenvalue weighted by molar-refractivity contribution is 1.13. The summed E-state index contributed by atoms with van der Waals surface area (Å²) in [6.45, 7) is 8.10. The van der Waals surface area contributed by atoms with Crippen LogP contribution in [0.4, 0.5) is 0 Å². The van der Waals surface area contributed by atoms with Gasteiger partial charge in [-0.25, -0.2) is 0 Å². The van der Waals surface area contributed by atoms with Crippen molar-refractivity contribution in [2.45, 2.75) is 13.8 Å². The molecule has 0 heteroatoms. The van der Waals surface area contributed by atoms with Crippen molar-refractivity contribution in [3.63, 3.8) is 0 Å². The molecular weight excluding hydrogens is 144 g/mol. The molecule has 62 valence electrons. The van der Waals surface area contributed by atoms with Gasteiger partial charge in [0.1, 0.15) is 0 Å². The molecule has 0 saturated heterocycles. The van der Waals surface area contributed by atoms with E-state index in [4.69, 9.17) is 0 Å². The fourth-order valence-electron chi connectivity index (χ4n) is 0.895. The van der Waals surface area contributed by atoms with Crippen LogP contribution in [0.15, 0.2) is 42.5 Å². The lowest BCUT2D eigenvalue weighted by Crippen LogP contribution is -1.91. The second-order valence-electron chi connectivity index (χ2n) is 3.08. The second-order valence-corrected chi connectivity index (χ2v) is 3.08. The topological polar surface area (TPSA) is 0 Å².